The fourth-order valence-electron chi connectivity index (χ4n) is 2.82. The van der Waals surface area contributed by atoms with E-state index in [0.29, 0.717) is 11.8 Å². The molecule has 0 aromatic rings. The van der Waals surface area contributed by atoms with E-state index in [9.17, 15) is 9.90 Å². The van der Waals surface area contributed by atoms with Crippen molar-refractivity contribution in [3.63, 3.8) is 0 Å². The second-order valence-corrected chi connectivity index (χ2v) is 6.86. The molecule has 0 aromatic carbocycles. The van der Waals surface area contributed by atoms with Crippen LogP contribution in [0.15, 0.2) is 0 Å². The SMILES string of the molecule is CC(C)C(C)NC(=O)CNC(C)(CO)C1CCCCC1. The lowest BCUT2D eigenvalue weighted by atomic mass is 9.76. The smallest absolute Gasteiger partial charge is 0.234 e. The number of hydrogen-bond donors (Lipinski definition) is 3. The fourth-order valence-corrected chi connectivity index (χ4v) is 2.82. The van der Waals surface area contributed by atoms with Crippen LogP contribution in [0.1, 0.15) is 59.8 Å². The quantitative estimate of drug-likeness (QED) is 0.670. The van der Waals surface area contributed by atoms with Crippen molar-refractivity contribution in [1.82, 2.24) is 10.6 Å². The molecule has 3 N–H and O–H groups in total. The lowest BCUT2D eigenvalue weighted by Crippen LogP contribution is -2.55. The molecule has 1 amide bonds. The van der Waals surface area contributed by atoms with Gasteiger partial charge in [0.15, 0.2) is 0 Å². The molecule has 1 aliphatic carbocycles. The van der Waals surface area contributed by atoms with E-state index in [-0.39, 0.29) is 30.6 Å². The highest BCUT2D eigenvalue weighted by molar-refractivity contribution is 5.78. The van der Waals surface area contributed by atoms with Crippen LogP contribution in [0.3, 0.4) is 0 Å². The van der Waals surface area contributed by atoms with Gasteiger partial charge in [-0.2, -0.15) is 0 Å². The fraction of sp³-hybridized carbons (Fsp3) is 0.938. The third-order valence-corrected chi connectivity index (χ3v) is 4.88. The third kappa shape index (κ3) is 5.06. The second-order valence-electron chi connectivity index (χ2n) is 6.86. The summed E-state index contributed by atoms with van der Waals surface area (Å²) in [6.45, 7) is 8.63. The van der Waals surface area contributed by atoms with Crippen molar-refractivity contribution in [3.05, 3.63) is 0 Å². The highest BCUT2D eigenvalue weighted by Crippen LogP contribution is 2.32. The summed E-state index contributed by atoms with van der Waals surface area (Å²) in [5, 5.41) is 16.0. The molecule has 0 aromatic heterocycles. The second kappa shape index (κ2) is 7.99. The summed E-state index contributed by atoms with van der Waals surface area (Å²) in [5.74, 6) is 0.916. The number of hydrogen-bond acceptors (Lipinski definition) is 3. The van der Waals surface area contributed by atoms with Gasteiger partial charge in [0, 0.05) is 11.6 Å². The Morgan fingerprint density at radius 3 is 2.35 bits per heavy atom. The van der Waals surface area contributed by atoms with E-state index in [2.05, 4.69) is 24.5 Å². The Morgan fingerprint density at radius 1 is 1.25 bits per heavy atom. The number of nitrogens with one attached hydrogen (secondary N) is 2. The Balaban J connectivity index is 2.45. The Bertz CT molecular complexity index is 301. The predicted octanol–water partition coefficient (Wildman–Crippen LogP) is 2.07. The topological polar surface area (TPSA) is 61.4 Å². The Kier molecular flexibility index (Phi) is 6.96. The third-order valence-electron chi connectivity index (χ3n) is 4.88. The van der Waals surface area contributed by atoms with Gasteiger partial charge in [-0.15, -0.1) is 0 Å². The first-order valence-electron chi connectivity index (χ1n) is 8.04. The van der Waals surface area contributed by atoms with E-state index in [1.165, 1.54) is 19.3 Å². The number of aliphatic hydroxyl groups is 1. The molecule has 2 unspecified atom stereocenters. The van der Waals surface area contributed by atoms with E-state index >= 15 is 0 Å². The molecule has 0 spiro atoms. The predicted molar refractivity (Wildman–Crippen MR) is 82.5 cm³/mol. The summed E-state index contributed by atoms with van der Waals surface area (Å²) >= 11 is 0. The van der Waals surface area contributed by atoms with E-state index in [1.807, 2.05) is 13.8 Å². The van der Waals surface area contributed by atoms with Gasteiger partial charge < -0.3 is 15.7 Å². The van der Waals surface area contributed by atoms with Crippen LogP contribution in [0.25, 0.3) is 0 Å². The summed E-state index contributed by atoms with van der Waals surface area (Å²) in [6.07, 6.45) is 6.06. The zero-order valence-electron chi connectivity index (χ0n) is 13.5. The van der Waals surface area contributed by atoms with Crippen LogP contribution in [-0.2, 0) is 4.79 Å². The molecule has 1 rings (SSSR count). The first kappa shape index (κ1) is 17.4. The highest BCUT2D eigenvalue weighted by atomic mass is 16.3. The number of rotatable bonds is 7. The standard InChI is InChI=1S/C16H32N2O2/c1-12(2)13(3)18-15(20)10-17-16(4,11-19)14-8-6-5-7-9-14/h12-14,17,19H,5-11H2,1-4H3,(H,18,20). The monoisotopic (exact) mass is 284 g/mol. The molecular formula is C16H32N2O2. The molecule has 1 fully saturated rings. The zero-order valence-corrected chi connectivity index (χ0v) is 13.5. The molecule has 118 valence electrons. The van der Waals surface area contributed by atoms with Gasteiger partial charge in [-0.05, 0) is 38.5 Å². The normalized spacial score (nSPS) is 21.5. The summed E-state index contributed by atoms with van der Waals surface area (Å²) in [7, 11) is 0. The molecular weight excluding hydrogens is 252 g/mol. The van der Waals surface area contributed by atoms with E-state index in [4.69, 9.17) is 0 Å². The molecule has 4 nitrogen and oxygen atoms in total. The van der Waals surface area contributed by atoms with Crippen LogP contribution in [0, 0.1) is 11.8 Å². The largest absolute Gasteiger partial charge is 0.394 e. The summed E-state index contributed by atoms with van der Waals surface area (Å²) < 4.78 is 0. The number of carbonyl (C=O) groups is 1. The molecule has 0 heterocycles. The Hall–Kier alpha value is -0.610. The minimum atomic E-state index is -0.334. The molecule has 2 atom stereocenters. The Morgan fingerprint density at radius 2 is 1.85 bits per heavy atom. The van der Waals surface area contributed by atoms with Crippen molar-refractivity contribution in [1.29, 1.82) is 0 Å². The summed E-state index contributed by atoms with van der Waals surface area (Å²) in [5.41, 5.74) is -0.334. The lowest BCUT2D eigenvalue weighted by Gasteiger charge is -2.39. The van der Waals surface area contributed by atoms with Crippen LogP contribution in [0.4, 0.5) is 0 Å². The van der Waals surface area contributed by atoms with Gasteiger partial charge >= 0.3 is 0 Å². The van der Waals surface area contributed by atoms with Crippen LogP contribution in [0.2, 0.25) is 0 Å². The molecule has 1 saturated carbocycles. The average molecular weight is 284 g/mol. The lowest BCUT2D eigenvalue weighted by molar-refractivity contribution is -0.121. The first-order chi connectivity index (χ1) is 9.39. The number of amides is 1. The molecule has 0 aliphatic heterocycles. The van der Waals surface area contributed by atoms with Gasteiger partial charge in [0.05, 0.1) is 13.2 Å². The summed E-state index contributed by atoms with van der Waals surface area (Å²) in [6, 6.07) is 0.180. The van der Waals surface area contributed by atoms with Crippen molar-refractivity contribution >= 4 is 5.91 Å². The van der Waals surface area contributed by atoms with Crippen molar-refractivity contribution in [2.45, 2.75) is 71.4 Å². The molecule has 0 radical (unpaired) electrons. The van der Waals surface area contributed by atoms with Gasteiger partial charge in [-0.25, -0.2) is 0 Å². The maximum absolute atomic E-state index is 11.9. The van der Waals surface area contributed by atoms with Gasteiger partial charge in [0.1, 0.15) is 0 Å². The van der Waals surface area contributed by atoms with Gasteiger partial charge in [-0.3, -0.25) is 4.79 Å². The molecule has 20 heavy (non-hydrogen) atoms. The maximum Gasteiger partial charge on any atom is 0.234 e. The van der Waals surface area contributed by atoms with E-state index in [0.717, 1.165) is 12.8 Å². The molecule has 0 bridgehead atoms. The van der Waals surface area contributed by atoms with Crippen molar-refractivity contribution in [3.8, 4) is 0 Å². The molecule has 1 aliphatic rings. The molecule has 0 saturated heterocycles. The zero-order chi connectivity index (χ0) is 15.2. The van der Waals surface area contributed by atoms with Crippen LogP contribution >= 0.6 is 0 Å². The van der Waals surface area contributed by atoms with Crippen molar-refractivity contribution < 1.29 is 9.90 Å². The summed E-state index contributed by atoms with van der Waals surface area (Å²) in [4.78, 5) is 11.9. The highest BCUT2D eigenvalue weighted by Gasteiger charge is 2.34. The minimum Gasteiger partial charge on any atom is -0.394 e. The minimum absolute atomic E-state index is 0.0154. The van der Waals surface area contributed by atoms with E-state index in [1.54, 1.807) is 0 Å². The van der Waals surface area contributed by atoms with Crippen LogP contribution in [-0.4, -0.2) is 35.7 Å². The van der Waals surface area contributed by atoms with E-state index < -0.39 is 0 Å². The van der Waals surface area contributed by atoms with Gasteiger partial charge in [-0.1, -0.05) is 33.1 Å². The van der Waals surface area contributed by atoms with Gasteiger partial charge in [0.2, 0.25) is 5.91 Å². The average Bonchev–Trinajstić information content (AvgIpc) is 2.45. The van der Waals surface area contributed by atoms with Crippen LogP contribution < -0.4 is 10.6 Å². The molecule has 4 heteroatoms. The maximum atomic E-state index is 11.9. The van der Waals surface area contributed by atoms with Crippen molar-refractivity contribution in [2.75, 3.05) is 13.2 Å². The number of aliphatic hydroxyl groups excluding tert-OH is 1. The van der Waals surface area contributed by atoms with Crippen molar-refractivity contribution in [2.24, 2.45) is 11.8 Å². The first-order valence-corrected chi connectivity index (χ1v) is 8.04. The Labute approximate surface area is 123 Å². The number of carbonyl (C=O) groups excluding carboxylic acids is 1. The van der Waals surface area contributed by atoms with Crippen LogP contribution in [0.5, 0.6) is 0 Å². The van der Waals surface area contributed by atoms with Gasteiger partial charge in [0.25, 0.3) is 0 Å².